The molecule has 32 heavy (non-hydrogen) atoms. The molecule has 0 bridgehead atoms. The summed E-state index contributed by atoms with van der Waals surface area (Å²) in [5, 5.41) is 0. The molecule has 1 aromatic carbocycles. The van der Waals surface area contributed by atoms with Gasteiger partial charge in [0.05, 0.1) is 7.11 Å². The normalized spacial score (nSPS) is 41.2. The molecule has 172 valence electrons. The minimum Gasteiger partial charge on any atom is -0.493 e. The molecule has 0 aromatic heterocycles. The van der Waals surface area contributed by atoms with Crippen molar-refractivity contribution in [2.75, 3.05) is 13.9 Å². The van der Waals surface area contributed by atoms with Gasteiger partial charge in [-0.3, -0.25) is 4.79 Å². The van der Waals surface area contributed by atoms with Gasteiger partial charge in [-0.15, -0.1) is 0 Å². The molecule has 1 aromatic rings. The summed E-state index contributed by atoms with van der Waals surface area (Å²) in [6.45, 7) is 5.09. The van der Waals surface area contributed by atoms with Crippen LogP contribution in [0.3, 0.4) is 0 Å². The third-order valence-electron chi connectivity index (χ3n) is 10.2. The van der Waals surface area contributed by atoms with Gasteiger partial charge in [0.2, 0.25) is 12.5 Å². The first-order valence-electron chi connectivity index (χ1n) is 12.7. The van der Waals surface area contributed by atoms with E-state index in [0.717, 1.165) is 35.8 Å². The second-order valence-electron chi connectivity index (χ2n) is 11.5. The first kappa shape index (κ1) is 20.6. The molecular weight excluding hydrogens is 400 g/mol. The molecule has 0 N–H and O–H groups in total. The zero-order valence-electron chi connectivity index (χ0n) is 19.7. The molecule has 1 heterocycles. The first-order chi connectivity index (χ1) is 15.4. The van der Waals surface area contributed by atoms with E-state index in [4.69, 9.17) is 14.2 Å². The number of ketones is 1. The van der Waals surface area contributed by atoms with Gasteiger partial charge < -0.3 is 14.2 Å². The quantitative estimate of drug-likeness (QED) is 0.502. The highest BCUT2D eigenvalue weighted by Gasteiger charge is 2.60. The Morgan fingerprint density at radius 3 is 2.75 bits per heavy atom. The Balaban J connectivity index is 1.32. The number of carbonyl (C=O) groups is 1. The number of fused-ring (bicyclic) bond motifs is 6. The maximum absolute atomic E-state index is 13.7. The van der Waals surface area contributed by atoms with Crippen LogP contribution in [0.15, 0.2) is 17.7 Å². The van der Waals surface area contributed by atoms with Crippen molar-refractivity contribution in [1.82, 2.24) is 0 Å². The second-order valence-corrected chi connectivity index (χ2v) is 11.5. The molecule has 4 fully saturated rings. The van der Waals surface area contributed by atoms with Crippen molar-refractivity contribution in [3.05, 3.63) is 23.3 Å². The van der Waals surface area contributed by atoms with E-state index in [-0.39, 0.29) is 12.2 Å². The van der Waals surface area contributed by atoms with Crippen LogP contribution in [-0.2, 0) is 4.79 Å². The Hall–Kier alpha value is -1.97. The molecule has 6 atom stereocenters. The van der Waals surface area contributed by atoms with Gasteiger partial charge in [0, 0.05) is 5.41 Å². The van der Waals surface area contributed by atoms with E-state index in [1.54, 1.807) is 7.11 Å². The van der Waals surface area contributed by atoms with Crippen LogP contribution in [0.25, 0.3) is 6.08 Å². The summed E-state index contributed by atoms with van der Waals surface area (Å²) in [5.74, 6) is 5.33. The SMILES string of the molecule is COc1cc(/C=C2\CC3C4CC[C@@H]5CCCC[C@@]5(C)C4CC[C@@]3(C)C2=O)cc2c1OCO2. The topological polar surface area (TPSA) is 44.8 Å². The monoisotopic (exact) mass is 436 g/mol. The van der Waals surface area contributed by atoms with Gasteiger partial charge in [0.25, 0.3) is 0 Å². The van der Waals surface area contributed by atoms with Gasteiger partial charge in [0.1, 0.15) is 0 Å². The van der Waals surface area contributed by atoms with Crippen molar-refractivity contribution in [2.45, 2.75) is 71.6 Å². The largest absolute Gasteiger partial charge is 0.493 e. The second kappa shape index (κ2) is 7.27. The smallest absolute Gasteiger partial charge is 0.231 e. The molecular formula is C28H36O4. The van der Waals surface area contributed by atoms with Crippen molar-refractivity contribution in [3.63, 3.8) is 0 Å². The van der Waals surface area contributed by atoms with Gasteiger partial charge in [-0.1, -0.05) is 26.7 Å². The van der Waals surface area contributed by atoms with Gasteiger partial charge >= 0.3 is 0 Å². The highest BCUT2D eigenvalue weighted by Crippen LogP contribution is 2.66. The first-order valence-corrected chi connectivity index (χ1v) is 12.7. The molecule has 6 rings (SSSR count). The summed E-state index contributed by atoms with van der Waals surface area (Å²) in [5.41, 5.74) is 2.28. The predicted molar refractivity (Wildman–Crippen MR) is 124 cm³/mol. The zero-order valence-corrected chi connectivity index (χ0v) is 19.7. The minimum atomic E-state index is -0.189. The van der Waals surface area contributed by atoms with E-state index >= 15 is 0 Å². The van der Waals surface area contributed by atoms with Crippen LogP contribution in [0, 0.1) is 34.5 Å². The predicted octanol–water partition coefficient (Wildman–Crippen LogP) is 6.42. The fourth-order valence-corrected chi connectivity index (χ4v) is 8.53. The van der Waals surface area contributed by atoms with E-state index in [2.05, 4.69) is 19.9 Å². The maximum Gasteiger partial charge on any atom is 0.231 e. The molecule has 0 spiro atoms. The molecule has 4 heteroatoms. The highest BCUT2D eigenvalue weighted by molar-refractivity contribution is 6.06. The van der Waals surface area contributed by atoms with Crippen molar-refractivity contribution in [3.8, 4) is 17.2 Å². The van der Waals surface area contributed by atoms with Crippen LogP contribution in [0.5, 0.6) is 17.2 Å². The number of hydrogen-bond acceptors (Lipinski definition) is 4. The summed E-state index contributed by atoms with van der Waals surface area (Å²) in [4.78, 5) is 13.7. The van der Waals surface area contributed by atoms with Gasteiger partial charge in [0.15, 0.2) is 17.3 Å². The van der Waals surface area contributed by atoms with E-state index < -0.39 is 0 Å². The molecule has 4 nitrogen and oxygen atoms in total. The van der Waals surface area contributed by atoms with Crippen LogP contribution in [-0.4, -0.2) is 19.7 Å². The summed E-state index contributed by atoms with van der Waals surface area (Å²) in [7, 11) is 1.65. The van der Waals surface area contributed by atoms with Crippen molar-refractivity contribution < 1.29 is 19.0 Å². The average Bonchev–Trinajstić information content (AvgIpc) is 3.36. The molecule has 0 radical (unpaired) electrons. The molecule has 0 saturated heterocycles. The molecule has 3 unspecified atom stereocenters. The van der Waals surface area contributed by atoms with Crippen LogP contribution < -0.4 is 14.2 Å². The number of benzene rings is 1. The third-order valence-corrected chi connectivity index (χ3v) is 10.2. The number of hydrogen-bond donors (Lipinski definition) is 0. The van der Waals surface area contributed by atoms with E-state index in [0.29, 0.717) is 40.3 Å². The minimum absolute atomic E-state index is 0.189. The molecule has 4 aliphatic carbocycles. The Morgan fingerprint density at radius 1 is 1.03 bits per heavy atom. The fraction of sp³-hybridized carbons (Fsp3) is 0.679. The molecule has 4 saturated carbocycles. The van der Waals surface area contributed by atoms with Gasteiger partial charge in [-0.05, 0) is 103 Å². The average molecular weight is 437 g/mol. The lowest BCUT2D eigenvalue weighted by atomic mass is 9.45. The van der Waals surface area contributed by atoms with E-state index in [1.165, 1.54) is 44.9 Å². The van der Waals surface area contributed by atoms with Crippen LogP contribution in [0.4, 0.5) is 0 Å². The van der Waals surface area contributed by atoms with Crippen molar-refractivity contribution in [1.29, 1.82) is 0 Å². The Labute approximate surface area is 191 Å². The summed E-state index contributed by atoms with van der Waals surface area (Å²) >= 11 is 0. The Kier molecular flexibility index (Phi) is 4.68. The fourth-order valence-electron chi connectivity index (χ4n) is 8.53. The lowest BCUT2D eigenvalue weighted by Crippen LogP contribution is -2.52. The highest BCUT2D eigenvalue weighted by atomic mass is 16.7. The molecule has 1 aliphatic heterocycles. The van der Waals surface area contributed by atoms with Crippen molar-refractivity contribution >= 4 is 11.9 Å². The number of ether oxygens (including phenoxy) is 3. The van der Waals surface area contributed by atoms with E-state index in [1.807, 2.05) is 12.1 Å². The van der Waals surface area contributed by atoms with Gasteiger partial charge in [-0.25, -0.2) is 0 Å². The third kappa shape index (κ3) is 2.83. The van der Waals surface area contributed by atoms with Crippen molar-refractivity contribution in [2.24, 2.45) is 34.5 Å². The van der Waals surface area contributed by atoms with Gasteiger partial charge in [-0.2, -0.15) is 0 Å². The molecule has 0 amide bonds. The van der Waals surface area contributed by atoms with Crippen LogP contribution >= 0.6 is 0 Å². The molecule has 5 aliphatic rings. The number of methoxy groups -OCH3 is 1. The number of carbonyl (C=O) groups excluding carboxylic acids is 1. The summed E-state index contributed by atoms with van der Waals surface area (Å²) in [6, 6.07) is 3.95. The summed E-state index contributed by atoms with van der Waals surface area (Å²) < 4.78 is 16.7. The zero-order chi connectivity index (χ0) is 22.1. The van der Waals surface area contributed by atoms with Crippen LogP contribution in [0.2, 0.25) is 0 Å². The van der Waals surface area contributed by atoms with E-state index in [9.17, 15) is 4.79 Å². The lowest BCUT2D eigenvalue weighted by molar-refractivity contribution is -0.137. The number of Topliss-reactive ketones (excluding diaryl/α,β-unsaturated/α-hetero) is 1. The summed E-state index contributed by atoms with van der Waals surface area (Å²) in [6.07, 6.45) is 13.7. The standard InChI is InChI=1S/C28H36O4/c1-27-10-5-4-6-19(27)7-8-20-21(27)9-11-28(2)22(20)15-18(26(28)29)12-17-13-23(30-3)25-24(14-17)31-16-32-25/h12-14,19-22H,4-11,15-16H2,1-3H3/b18-12+/t19-,20?,21?,22?,27+,28+/m0/s1. The number of rotatable bonds is 2. The van der Waals surface area contributed by atoms with Crippen LogP contribution in [0.1, 0.15) is 77.2 Å². The Morgan fingerprint density at radius 2 is 1.91 bits per heavy atom. The lowest BCUT2D eigenvalue weighted by Gasteiger charge is -2.59. The number of allylic oxidation sites excluding steroid dienone is 1. The maximum atomic E-state index is 13.7. The Bertz CT molecular complexity index is 980.